The Morgan fingerprint density at radius 2 is 0.731 bits per heavy atom. The van der Waals surface area contributed by atoms with Crippen molar-refractivity contribution in [2.24, 2.45) is 11.5 Å². The molecule has 0 unspecified atom stereocenters. The molecule has 0 spiro atoms. The second kappa shape index (κ2) is 110. The van der Waals surface area contributed by atoms with E-state index in [1.807, 2.05) is 14.1 Å². The summed E-state index contributed by atoms with van der Waals surface area (Å²) >= 11 is 0. The first kappa shape index (κ1) is 49.6. The number of hydrogen-bond acceptors (Lipinski definition) is 4. The Hall–Kier alpha value is -1.88. The molecule has 158 valence electrons. The van der Waals surface area contributed by atoms with Crippen LogP contribution in [0.25, 0.3) is 63.9 Å². The molecule has 0 saturated heterocycles. The number of nitrogens with zero attached hydrogens (tertiary/aromatic N) is 12. The summed E-state index contributed by atoms with van der Waals surface area (Å²) in [4.78, 5) is 6.00. The van der Waals surface area contributed by atoms with Gasteiger partial charge >= 0.3 is 34.1 Å². The molecule has 0 aromatic heterocycles. The standard InChI is InChI=1S/2C4H12N2.2Cu.4N3/c2*1-6-4-2-3-5;;;4*1-3-2/h2*6H,2-5H2,1H3;;;;;;/q;;2*+2;4*-1. The van der Waals surface area contributed by atoms with Crippen LogP contribution in [0.3, 0.4) is 0 Å². The summed E-state index contributed by atoms with van der Waals surface area (Å²) in [6.07, 6.45) is 2.16. The zero-order valence-electron chi connectivity index (χ0n) is 14.4. The van der Waals surface area contributed by atoms with Crippen LogP contribution in [0.4, 0.5) is 0 Å². The molecule has 2 radical (unpaired) electrons. The topological polar surface area (TPSA) is 311 Å². The molecule has 0 aliphatic heterocycles. The van der Waals surface area contributed by atoms with E-state index in [1.165, 1.54) is 19.6 Å². The molecular weight excluding hydrogens is 447 g/mol. The first-order valence-electron chi connectivity index (χ1n) is 6.12. The first-order valence-corrected chi connectivity index (χ1v) is 6.12. The zero-order valence-corrected chi connectivity index (χ0v) is 16.3. The quantitative estimate of drug-likeness (QED) is 0.149. The van der Waals surface area contributed by atoms with Gasteiger partial charge in [-0.05, 0) is 53.1 Å². The van der Waals surface area contributed by atoms with Gasteiger partial charge in [-0.25, -0.2) is 0 Å². The molecule has 0 aromatic carbocycles. The Kier molecular flexibility index (Phi) is 211. The monoisotopic (exact) mass is 470 g/mol. The van der Waals surface area contributed by atoms with Crippen molar-refractivity contribution in [3.05, 3.63) is 63.9 Å². The minimum Gasteiger partial charge on any atom is -0.373 e. The van der Waals surface area contributed by atoms with Gasteiger partial charge < -0.3 is 66.3 Å². The summed E-state index contributed by atoms with van der Waals surface area (Å²) in [5, 5.41) is 5.98. The Balaban J connectivity index is -0.0000000254. The van der Waals surface area contributed by atoms with Crippen molar-refractivity contribution in [3.8, 4) is 0 Å². The maximum absolute atomic E-state index is 6.75. The molecule has 0 amide bonds. The maximum atomic E-state index is 6.75. The fraction of sp³-hybridized carbons (Fsp3) is 1.00. The van der Waals surface area contributed by atoms with Crippen molar-refractivity contribution in [1.82, 2.24) is 10.6 Å². The number of nitrogens with two attached hydrogens (primary N) is 2. The summed E-state index contributed by atoms with van der Waals surface area (Å²) < 4.78 is 0. The summed E-state index contributed by atoms with van der Waals surface area (Å²) in [6, 6.07) is 0. The van der Waals surface area contributed by atoms with Gasteiger partial charge in [0.1, 0.15) is 0 Å². The predicted octanol–water partition coefficient (Wildman–Crippen LogP) is 2.57. The molecule has 0 aliphatic carbocycles. The van der Waals surface area contributed by atoms with Gasteiger partial charge in [0, 0.05) is 0 Å². The first-order chi connectivity index (χ1) is 11.5. The van der Waals surface area contributed by atoms with Crippen molar-refractivity contribution in [1.29, 1.82) is 0 Å². The summed E-state index contributed by atoms with van der Waals surface area (Å²) in [7, 11) is 3.85. The molecule has 0 aliphatic rings. The van der Waals surface area contributed by atoms with Crippen molar-refractivity contribution < 1.29 is 34.1 Å². The molecule has 0 heterocycles. The third-order valence-corrected chi connectivity index (χ3v) is 1.26. The van der Waals surface area contributed by atoms with Gasteiger partial charge in [0.05, 0.1) is 0 Å². The molecule has 18 heteroatoms. The van der Waals surface area contributed by atoms with Crippen LogP contribution in [0.15, 0.2) is 0 Å². The van der Waals surface area contributed by atoms with Crippen molar-refractivity contribution >= 4 is 0 Å². The van der Waals surface area contributed by atoms with Gasteiger partial charge in [-0.3, -0.25) is 19.6 Å². The number of rotatable bonds is 6. The van der Waals surface area contributed by atoms with E-state index in [0.29, 0.717) is 0 Å². The minimum absolute atomic E-state index is 0. The van der Waals surface area contributed by atoms with Gasteiger partial charge in [0.15, 0.2) is 0 Å². The normalized spacial score (nSPS) is 5.38. The van der Waals surface area contributed by atoms with E-state index in [2.05, 4.69) is 10.6 Å². The van der Waals surface area contributed by atoms with Crippen LogP contribution in [0.2, 0.25) is 0 Å². The van der Waals surface area contributed by atoms with Gasteiger partial charge in [-0.1, -0.05) is 0 Å². The zero-order chi connectivity index (χ0) is 20.5. The summed E-state index contributed by atoms with van der Waals surface area (Å²) in [5.74, 6) is 0. The van der Waals surface area contributed by atoms with Gasteiger partial charge in [-0.15, -0.1) is 0 Å². The van der Waals surface area contributed by atoms with E-state index in [4.69, 9.17) is 55.7 Å². The Labute approximate surface area is 173 Å². The van der Waals surface area contributed by atoms with Crippen LogP contribution in [0.5, 0.6) is 0 Å². The number of nitrogens with one attached hydrogen (secondary N) is 2. The number of hydrogen-bond donors (Lipinski definition) is 4. The van der Waals surface area contributed by atoms with E-state index in [0.717, 1.165) is 39.0 Å². The molecule has 6 N–H and O–H groups in total. The summed E-state index contributed by atoms with van der Waals surface area (Å²) in [6.45, 7) is 3.66. The summed E-state index contributed by atoms with van der Waals surface area (Å²) in [5.41, 5.74) is 64.3. The molecule has 0 atom stereocenters. The average Bonchev–Trinajstić information content (AvgIpc) is 2.54. The third kappa shape index (κ3) is 581. The van der Waals surface area contributed by atoms with E-state index in [1.54, 1.807) is 0 Å². The van der Waals surface area contributed by atoms with Crippen LogP contribution in [0.1, 0.15) is 12.8 Å². The fourth-order valence-corrected chi connectivity index (χ4v) is 0.558. The van der Waals surface area contributed by atoms with Gasteiger partial charge in [0.2, 0.25) is 0 Å². The molecule has 0 aromatic rings. The molecule has 26 heavy (non-hydrogen) atoms. The second-order valence-corrected chi connectivity index (χ2v) is 2.85. The van der Waals surface area contributed by atoms with Crippen LogP contribution >= 0.6 is 0 Å². The van der Waals surface area contributed by atoms with E-state index >= 15 is 0 Å². The van der Waals surface area contributed by atoms with E-state index < -0.39 is 0 Å². The van der Waals surface area contributed by atoms with Crippen molar-refractivity contribution in [3.63, 3.8) is 0 Å². The van der Waals surface area contributed by atoms with E-state index in [9.17, 15) is 0 Å². The van der Waals surface area contributed by atoms with Crippen LogP contribution < -0.4 is 22.1 Å². The molecule has 0 fully saturated rings. The molecular formula is C8H24Cu2N16. The molecule has 0 bridgehead atoms. The Morgan fingerprint density at radius 1 is 0.577 bits per heavy atom. The Bertz CT molecular complexity index is 248. The largest absolute Gasteiger partial charge is 2.00 e. The van der Waals surface area contributed by atoms with Crippen LogP contribution in [-0.4, -0.2) is 40.3 Å². The predicted molar refractivity (Wildman–Crippen MR) is 95.5 cm³/mol. The third-order valence-electron chi connectivity index (χ3n) is 1.26. The average molecular weight is 471 g/mol. The minimum atomic E-state index is 0. The Morgan fingerprint density at radius 3 is 0.769 bits per heavy atom. The molecule has 16 nitrogen and oxygen atoms in total. The van der Waals surface area contributed by atoms with Crippen molar-refractivity contribution in [2.45, 2.75) is 12.8 Å². The molecule has 0 rings (SSSR count). The van der Waals surface area contributed by atoms with Gasteiger partial charge in [0.25, 0.3) is 0 Å². The fourth-order valence-electron chi connectivity index (χ4n) is 0.558. The van der Waals surface area contributed by atoms with Crippen molar-refractivity contribution in [2.75, 3.05) is 40.3 Å². The van der Waals surface area contributed by atoms with Crippen LogP contribution in [-0.2, 0) is 34.1 Å². The smallest absolute Gasteiger partial charge is 0.373 e. The maximum Gasteiger partial charge on any atom is 2.00 e. The van der Waals surface area contributed by atoms with Crippen LogP contribution in [0, 0.1) is 0 Å². The van der Waals surface area contributed by atoms with E-state index in [-0.39, 0.29) is 34.1 Å². The molecule has 0 saturated carbocycles. The second-order valence-electron chi connectivity index (χ2n) is 2.85. The SMILES string of the molecule is CNCCCN.CNCCCN.[Cu+2].[Cu+2].[N-]=[N+]=[N-].[N-]=[N+]=[N-].[N-]=[N+]=[N-].[N-]=[N+]=[N-]. The van der Waals surface area contributed by atoms with Gasteiger partial charge in [-0.2, -0.15) is 0 Å².